The standard InChI is InChI=1S/C26H29N3O3/c1-4-28-13-15-29(16-14-28)22-9-10-23(18(2)17-22)27-26(31)25-12-11-24(32-25)21-7-5-20(6-8-21)19(3)30/h5-12,17H,4,13-16H2,1-3H3,(H,27,31). The largest absolute Gasteiger partial charge is 0.451 e. The van der Waals surface area contributed by atoms with Crippen molar-refractivity contribution < 1.29 is 14.0 Å². The molecule has 0 unspecified atom stereocenters. The molecular formula is C26H29N3O3. The van der Waals surface area contributed by atoms with Crippen molar-refractivity contribution in [2.45, 2.75) is 20.8 Å². The second-order valence-electron chi connectivity index (χ2n) is 8.17. The van der Waals surface area contributed by atoms with Crippen molar-refractivity contribution in [1.82, 2.24) is 4.90 Å². The average molecular weight is 432 g/mol. The molecule has 1 fully saturated rings. The number of hydrogen-bond acceptors (Lipinski definition) is 5. The summed E-state index contributed by atoms with van der Waals surface area (Å²) in [7, 11) is 0. The summed E-state index contributed by atoms with van der Waals surface area (Å²) in [5.74, 6) is 0.558. The normalized spacial score (nSPS) is 14.4. The molecule has 1 amide bonds. The van der Waals surface area contributed by atoms with Gasteiger partial charge in [0.1, 0.15) is 5.76 Å². The number of amides is 1. The number of rotatable bonds is 6. The lowest BCUT2D eigenvalue weighted by atomic mass is 10.1. The SMILES string of the molecule is CCN1CCN(c2ccc(NC(=O)c3ccc(-c4ccc(C(C)=O)cc4)o3)c(C)c2)CC1. The summed E-state index contributed by atoms with van der Waals surface area (Å²) in [6, 6.07) is 16.7. The number of benzene rings is 2. The fraction of sp³-hybridized carbons (Fsp3) is 0.308. The molecule has 32 heavy (non-hydrogen) atoms. The number of furan rings is 1. The Hall–Kier alpha value is -3.38. The molecule has 166 valence electrons. The van der Waals surface area contributed by atoms with Gasteiger partial charge in [-0.1, -0.05) is 31.2 Å². The number of ketones is 1. The van der Waals surface area contributed by atoms with Gasteiger partial charge in [0.2, 0.25) is 0 Å². The first-order chi connectivity index (χ1) is 15.4. The number of aryl methyl sites for hydroxylation is 1. The van der Waals surface area contributed by atoms with Crippen LogP contribution in [0, 0.1) is 6.92 Å². The third-order valence-corrected chi connectivity index (χ3v) is 6.05. The molecule has 1 aromatic heterocycles. The van der Waals surface area contributed by atoms with Crippen molar-refractivity contribution in [2.75, 3.05) is 42.9 Å². The number of piperazine rings is 1. The second kappa shape index (κ2) is 9.40. The molecule has 0 saturated carbocycles. The van der Waals surface area contributed by atoms with Gasteiger partial charge in [-0.25, -0.2) is 0 Å². The van der Waals surface area contributed by atoms with Gasteiger partial charge in [-0.15, -0.1) is 0 Å². The first-order valence-electron chi connectivity index (χ1n) is 11.0. The number of nitrogens with zero attached hydrogens (tertiary/aromatic N) is 2. The second-order valence-corrected chi connectivity index (χ2v) is 8.17. The van der Waals surface area contributed by atoms with Gasteiger partial charge in [-0.05, 0) is 56.3 Å². The molecule has 1 saturated heterocycles. The highest BCUT2D eigenvalue weighted by Crippen LogP contribution is 2.26. The Kier molecular flexibility index (Phi) is 6.42. The van der Waals surface area contributed by atoms with Crippen molar-refractivity contribution >= 4 is 23.1 Å². The molecule has 4 rings (SSSR count). The number of likely N-dealkylation sites (N-methyl/N-ethyl adjacent to an activating group) is 1. The Morgan fingerprint density at radius 2 is 1.69 bits per heavy atom. The van der Waals surface area contributed by atoms with Gasteiger partial charge in [0.15, 0.2) is 11.5 Å². The van der Waals surface area contributed by atoms with Gasteiger partial charge in [0, 0.05) is 48.7 Å². The highest BCUT2D eigenvalue weighted by Gasteiger charge is 2.18. The average Bonchev–Trinajstić information content (AvgIpc) is 3.31. The number of carbonyl (C=O) groups excluding carboxylic acids is 2. The van der Waals surface area contributed by atoms with Crippen molar-refractivity contribution in [3.8, 4) is 11.3 Å². The summed E-state index contributed by atoms with van der Waals surface area (Å²) in [6.45, 7) is 11.0. The molecular weight excluding hydrogens is 402 g/mol. The van der Waals surface area contributed by atoms with Crippen LogP contribution >= 0.6 is 0 Å². The zero-order valence-corrected chi connectivity index (χ0v) is 18.9. The smallest absolute Gasteiger partial charge is 0.291 e. The lowest BCUT2D eigenvalue weighted by Crippen LogP contribution is -2.46. The van der Waals surface area contributed by atoms with E-state index in [0.29, 0.717) is 11.3 Å². The Morgan fingerprint density at radius 1 is 0.969 bits per heavy atom. The summed E-state index contributed by atoms with van der Waals surface area (Å²) in [5.41, 5.74) is 4.43. The lowest BCUT2D eigenvalue weighted by molar-refractivity contribution is 0.0994. The topological polar surface area (TPSA) is 65.8 Å². The van der Waals surface area contributed by atoms with E-state index in [2.05, 4.69) is 34.2 Å². The zero-order chi connectivity index (χ0) is 22.7. The maximum absolute atomic E-state index is 12.7. The molecule has 0 atom stereocenters. The van der Waals surface area contributed by atoms with Gasteiger partial charge in [-0.2, -0.15) is 0 Å². The number of nitrogens with one attached hydrogen (secondary N) is 1. The zero-order valence-electron chi connectivity index (χ0n) is 18.9. The Bertz CT molecular complexity index is 1110. The van der Waals surface area contributed by atoms with E-state index >= 15 is 0 Å². The first kappa shape index (κ1) is 21.8. The van der Waals surface area contributed by atoms with Crippen LogP contribution < -0.4 is 10.2 Å². The summed E-state index contributed by atoms with van der Waals surface area (Å²) >= 11 is 0. The van der Waals surface area contributed by atoms with E-state index in [1.807, 2.05) is 25.1 Å². The van der Waals surface area contributed by atoms with Crippen LogP contribution in [0.1, 0.15) is 40.3 Å². The molecule has 0 radical (unpaired) electrons. The Morgan fingerprint density at radius 3 is 2.31 bits per heavy atom. The Balaban J connectivity index is 1.42. The molecule has 0 bridgehead atoms. The maximum atomic E-state index is 12.7. The van der Waals surface area contributed by atoms with E-state index in [4.69, 9.17) is 4.42 Å². The molecule has 0 spiro atoms. The predicted molar refractivity (Wildman–Crippen MR) is 128 cm³/mol. The molecule has 6 heteroatoms. The van der Waals surface area contributed by atoms with Crippen LogP contribution in [0.3, 0.4) is 0 Å². The van der Waals surface area contributed by atoms with Crippen molar-refractivity contribution in [3.63, 3.8) is 0 Å². The summed E-state index contributed by atoms with van der Waals surface area (Å²) < 4.78 is 5.77. The van der Waals surface area contributed by atoms with Crippen LogP contribution in [0.25, 0.3) is 11.3 Å². The number of Topliss-reactive ketones (excluding diaryl/α,β-unsaturated/α-hetero) is 1. The van der Waals surface area contributed by atoms with Gasteiger partial charge in [-0.3, -0.25) is 9.59 Å². The molecule has 3 aromatic rings. The summed E-state index contributed by atoms with van der Waals surface area (Å²) in [5, 5.41) is 2.96. The minimum Gasteiger partial charge on any atom is -0.451 e. The highest BCUT2D eigenvalue weighted by atomic mass is 16.3. The minimum absolute atomic E-state index is 0.0145. The third-order valence-electron chi connectivity index (χ3n) is 6.05. The van der Waals surface area contributed by atoms with Gasteiger partial charge < -0.3 is 19.5 Å². The molecule has 2 aromatic carbocycles. The minimum atomic E-state index is -0.288. The molecule has 1 aliphatic heterocycles. The monoisotopic (exact) mass is 431 g/mol. The van der Waals surface area contributed by atoms with E-state index in [1.54, 1.807) is 24.3 Å². The van der Waals surface area contributed by atoms with E-state index in [-0.39, 0.29) is 17.5 Å². The van der Waals surface area contributed by atoms with Crippen molar-refractivity contribution in [2.24, 2.45) is 0 Å². The molecule has 6 nitrogen and oxygen atoms in total. The number of carbonyl (C=O) groups is 2. The molecule has 1 N–H and O–H groups in total. The van der Waals surface area contributed by atoms with E-state index in [9.17, 15) is 9.59 Å². The van der Waals surface area contributed by atoms with Crippen LogP contribution in [0.15, 0.2) is 59.0 Å². The summed E-state index contributed by atoms with van der Waals surface area (Å²) in [4.78, 5) is 29.0. The Labute approximate surface area is 188 Å². The van der Waals surface area contributed by atoms with Crippen molar-refractivity contribution in [1.29, 1.82) is 0 Å². The molecule has 2 heterocycles. The quantitative estimate of drug-likeness (QED) is 0.565. The van der Waals surface area contributed by atoms with Gasteiger partial charge in [0.25, 0.3) is 5.91 Å². The van der Waals surface area contributed by atoms with Crippen LogP contribution in [-0.4, -0.2) is 49.3 Å². The van der Waals surface area contributed by atoms with Crippen LogP contribution in [0.5, 0.6) is 0 Å². The van der Waals surface area contributed by atoms with E-state index in [0.717, 1.165) is 49.5 Å². The summed E-state index contributed by atoms with van der Waals surface area (Å²) in [6.07, 6.45) is 0. The maximum Gasteiger partial charge on any atom is 0.291 e. The van der Waals surface area contributed by atoms with Gasteiger partial charge >= 0.3 is 0 Å². The van der Waals surface area contributed by atoms with Gasteiger partial charge in [0.05, 0.1) is 0 Å². The first-order valence-corrected chi connectivity index (χ1v) is 11.0. The van der Waals surface area contributed by atoms with Crippen LogP contribution in [0.4, 0.5) is 11.4 Å². The van der Waals surface area contributed by atoms with Crippen molar-refractivity contribution in [3.05, 3.63) is 71.5 Å². The van der Waals surface area contributed by atoms with Crippen LogP contribution in [-0.2, 0) is 0 Å². The van der Waals surface area contributed by atoms with E-state index in [1.165, 1.54) is 12.6 Å². The fourth-order valence-corrected chi connectivity index (χ4v) is 3.98. The van der Waals surface area contributed by atoms with E-state index < -0.39 is 0 Å². The van der Waals surface area contributed by atoms with Crippen LogP contribution in [0.2, 0.25) is 0 Å². The molecule has 1 aliphatic rings. The fourth-order valence-electron chi connectivity index (χ4n) is 3.98. The third kappa shape index (κ3) is 4.75. The molecule has 0 aliphatic carbocycles. The number of anilines is 2. The predicted octanol–water partition coefficient (Wildman–Crippen LogP) is 4.85. The highest BCUT2D eigenvalue weighted by molar-refractivity contribution is 6.03. The number of hydrogen-bond donors (Lipinski definition) is 1. The lowest BCUT2D eigenvalue weighted by Gasteiger charge is -2.35.